The van der Waals surface area contributed by atoms with Gasteiger partial charge < -0.3 is 4.74 Å². The molecule has 148 valence electrons. The van der Waals surface area contributed by atoms with Gasteiger partial charge in [0.25, 0.3) is 0 Å². The highest BCUT2D eigenvalue weighted by Gasteiger charge is 2.20. The number of thiazole rings is 1. The fourth-order valence-corrected chi connectivity index (χ4v) is 4.60. The van der Waals surface area contributed by atoms with Gasteiger partial charge in [0, 0.05) is 31.6 Å². The van der Waals surface area contributed by atoms with Crippen LogP contribution in [0.1, 0.15) is 34.5 Å². The first kappa shape index (κ1) is 20.5. The molecule has 2 heterocycles. The third-order valence-corrected chi connectivity index (χ3v) is 6.52. The van der Waals surface area contributed by atoms with E-state index in [-0.39, 0.29) is 0 Å². The Kier molecular flexibility index (Phi) is 7.82. The van der Waals surface area contributed by atoms with Gasteiger partial charge in [-0.1, -0.05) is 24.3 Å². The molecule has 27 heavy (non-hydrogen) atoms. The largest absolute Gasteiger partial charge is 0.383 e. The van der Waals surface area contributed by atoms with Crippen molar-refractivity contribution in [3.63, 3.8) is 0 Å². The van der Waals surface area contributed by atoms with E-state index < -0.39 is 0 Å². The zero-order valence-corrected chi connectivity index (χ0v) is 17.8. The molecule has 5 heteroatoms. The van der Waals surface area contributed by atoms with Gasteiger partial charge in [0.2, 0.25) is 0 Å². The molecule has 0 radical (unpaired) electrons. The van der Waals surface area contributed by atoms with Crippen LogP contribution in [0, 0.1) is 12.8 Å². The van der Waals surface area contributed by atoms with Crippen molar-refractivity contribution in [2.45, 2.75) is 39.3 Å². The van der Waals surface area contributed by atoms with Crippen LogP contribution in [-0.2, 0) is 24.2 Å². The van der Waals surface area contributed by atoms with Crippen molar-refractivity contribution in [2.24, 2.45) is 5.92 Å². The molecule has 0 saturated carbocycles. The van der Waals surface area contributed by atoms with Gasteiger partial charge in [0.05, 0.1) is 17.8 Å². The second kappa shape index (κ2) is 10.3. The van der Waals surface area contributed by atoms with Gasteiger partial charge in [-0.25, -0.2) is 4.98 Å². The number of likely N-dealkylation sites (tertiary alicyclic amines) is 1. The van der Waals surface area contributed by atoms with Crippen LogP contribution < -0.4 is 0 Å². The Hall–Kier alpha value is -1.27. The van der Waals surface area contributed by atoms with Crippen LogP contribution in [0.15, 0.2) is 29.8 Å². The lowest BCUT2D eigenvalue weighted by Gasteiger charge is -2.31. The SMILES string of the molecule is COCCN(C)Cc1ccc(CC2CCN(Cc3scnc3C)CC2)cc1. The predicted octanol–water partition coefficient (Wildman–Crippen LogP) is 3.98. The highest BCUT2D eigenvalue weighted by molar-refractivity contribution is 7.09. The highest BCUT2D eigenvalue weighted by atomic mass is 32.1. The van der Waals surface area contributed by atoms with E-state index in [1.54, 1.807) is 18.4 Å². The standard InChI is InChI=1S/C22H33N3OS/c1-18-22(27-17-23-18)16-25-10-8-20(9-11-25)14-19-4-6-21(7-5-19)15-24(2)12-13-26-3/h4-7,17,20H,8-16H2,1-3H3. The van der Waals surface area contributed by atoms with Gasteiger partial charge in [-0.3, -0.25) is 9.80 Å². The van der Waals surface area contributed by atoms with Crippen molar-refractivity contribution in [2.75, 3.05) is 40.4 Å². The number of methoxy groups -OCH3 is 1. The molecule has 4 nitrogen and oxygen atoms in total. The first-order valence-electron chi connectivity index (χ1n) is 10.0. The fraction of sp³-hybridized carbons (Fsp3) is 0.591. The molecule has 1 aromatic heterocycles. The van der Waals surface area contributed by atoms with Gasteiger partial charge in [0.15, 0.2) is 0 Å². The fourth-order valence-electron chi connectivity index (χ4n) is 3.78. The molecular formula is C22H33N3OS. The Morgan fingerprint density at radius 2 is 1.89 bits per heavy atom. The molecule has 0 bridgehead atoms. The highest BCUT2D eigenvalue weighted by Crippen LogP contribution is 2.24. The third-order valence-electron chi connectivity index (χ3n) is 5.60. The van der Waals surface area contributed by atoms with Crippen LogP contribution in [0.5, 0.6) is 0 Å². The average Bonchev–Trinajstić information content (AvgIpc) is 3.08. The maximum atomic E-state index is 5.15. The van der Waals surface area contributed by atoms with E-state index in [1.165, 1.54) is 54.0 Å². The molecule has 1 aliphatic heterocycles. The van der Waals surface area contributed by atoms with Crippen molar-refractivity contribution in [1.82, 2.24) is 14.8 Å². The van der Waals surface area contributed by atoms with Crippen molar-refractivity contribution in [1.29, 1.82) is 0 Å². The second-order valence-electron chi connectivity index (χ2n) is 7.83. The lowest BCUT2D eigenvalue weighted by atomic mass is 9.90. The minimum atomic E-state index is 0.788. The van der Waals surface area contributed by atoms with Crippen LogP contribution in [0.3, 0.4) is 0 Å². The Morgan fingerprint density at radius 3 is 2.52 bits per heavy atom. The summed E-state index contributed by atoms with van der Waals surface area (Å²) in [4.78, 5) is 10.7. The smallest absolute Gasteiger partial charge is 0.0798 e. The second-order valence-corrected chi connectivity index (χ2v) is 8.77. The Morgan fingerprint density at radius 1 is 1.19 bits per heavy atom. The van der Waals surface area contributed by atoms with E-state index in [2.05, 4.69) is 53.0 Å². The van der Waals surface area contributed by atoms with E-state index in [4.69, 9.17) is 4.74 Å². The van der Waals surface area contributed by atoms with Crippen LogP contribution in [0.25, 0.3) is 0 Å². The average molecular weight is 388 g/mol. The molecule has 0 aliphatic carbocycles. The number of rotatable bonds is 9. The number of nitrogens with zero attached hydrogens (tertiary/aromatic N) is 3. The van der Waals surface area contributed by atoms with Crippen molar-refractivity contribution in [3.8, 4) is 0 Å². The van der Waals surface area contributed by atoms with Gasteiger partial charge in [-0.2, -0.15) is 0 Å². The monoisotopic (exact) mass is 387 g/mol. The third kappa shape index (κ3) is 6.39. The van der Waals surface area contributed by atoms with Crippen LogP contribution in [0.4, 0.5) is 0 Å². The van der Waals surface area contributed by atoms with E-state index in [0.29, 0.717) is 0 Å². The molecule has 0 amide bonds. The number of benzene rings is 1. The summed E-state index contributed by atoms with van der Waals surface area (Å²) in [5, 5.41) is 0. The van der Waals surface area contributed by atoms with E-state index >= 15 is 0 Å². The molecule has 0 N–H and O–H groups in total. The molecule has 0 unspecified atom stereocenters. The summed E-state index contributed by atoms with van der Waals surface area (Å²) in [5.74, 6) is 0.819. The first-order valence-corrected chi connectivity index (χ1v) is 10.9. The lowest BCUT2D eigenvalue weighted by molar-refractivity contribution is 0.158. The van der Waals surface area contributed by atoms with Crippen LogP contribution in [-0.4, -0.2) is 55.2 Å². The summed E-state index contributed by atoms with van der Waals surface area (Å²) in [6.45, 7) is 8.37. The molecule has 2 aromatic rings. The van der Waals surface area contributed by atoms with Gasteiger partial charge in [-0.15, -0.1) is 11.3 Å². The predicted molar refractivity (Wildman–Crippen MR) is 113 cm³/mol. The van der Waals surface area contributed by atoms with Gasteiger partial charge in [0.1, 0.15) is 0 Å². The number of likely N-dealkylation sites (N-methyl/N-ethyl adjacent to an activating group) is 1. The van der Waals surface area contributed by atoms with E-state index in [0.717, 1.165) is 32.2 Å². The van der Waals surface area contributed by atoms with E-state index in [1.807, 2.05) is 5.51 Å². The molecule has 1 fully saturated rings. The number of hydrogen-bond acceptors (Lipinski definition) is 5. The number of aromatic nitrogens is 1. The van der Waals surface area contributed by atoms with Crippen LogP contribution in [0.2, 0.25) is 0 Å². The molecule has 1 aromatic carbocycles. The summed E-state index contributed by atoms with van der Waals surface area (Å²) >= 11 is 1.79. The zero-order chi connectivity index (χ0) is 19.1. The minimum absolute atomic E-state index is 0.788. The Labute approximate surface area is 168 Å². The molecule has 1 aliphatic rings. The maximum Gasteiger partial charge on any atom is 0.0798 e. The Balaban J connectivity index is 1.41. The first-order chi connectivity index (χ1) is 13.1. The van der Waals surface area contributed by atoms with Crippen molar-refractivity contribution < 1.29 is 4.74 Å². The van der Waals surface area contributed by atoms with Crippen LogP contribution >= 0.6 is 11.3 Å². The minimum Gasteiger partial charge on any atom is -0.383 e. The Bertz CT molecular complexity index is 677. The van der Waals surface area contributed by atoms with E-state index in [9.17, 15) is 0 Å². The topological polar surface area (TPSA) is 28.6 Å². The quantitative estimate of drug-likeness (QED) is 0.651. The molecule has 0 spiro atoms. The lowest BCUT2D eigenvalue weighted by Crippen LogP contribution is -2.33. The number of ether oxygens (including phenoxy) is 1. The maximum absolute atomic E-state index is 5.15. The number of aryl methyl sites for hydroxylation is 1. The number of hydrogen-bond donors (Lipinski definition) is 0. The summed E-state index contributed by atoms with van der Waals surface area (Å²) in [5.41, 5.74) is 6.04. The van der Waals surface area contributed by atoms with Crippen molar-refractivity contribution >= 4 is 11.3 Å². The summed E-state index contributed by atoms with van der Waals surface area (Å²) in [7, 11) is 3.90. The normalized spacial score (nSPS) is 16.3. The van der Waals surface area contributed by atoms with Crippen molar-refractivity contribution in [3.05, 3.63) is 51.5 Å². The summed E-state index contributed by atoms with van der Waals surface area (Å²) in [6, 6.07) is 9.24. The van der Waals surface area contributed by atoms with Gasteiger partial charge >= 0.3 is 0 Å². The molecule has 3 rings (SSSR count). The molecule has 1 saturated heterocycles. The zero-order valence-electron chi connectivity index (χ0n) is 17.0. The summed E-state index contributed by atoms with van der Waals surface area (Å²) < 4.78 is 5.15. The molecular weight excluding hydrogens is 354 g/mol. The summed E-state index contributed by atoms with van der Waals surface area (Å²) in [6.07, 6.45) is 3.83. The molecule has 0 atom stereocenters. The number of piperidine rings is 1. The van der Waals surface area contributed by atoms with Gasteiger partial charge in [-0.05, 0) is 63.4 Å².